The number of rotatable bonds is 0. The van der Waals surface area contributed by atoms with E-state index in [0.717, 1.165) is 0 Å². The molecule has 0 nitrogen and oxygen atoms in total. The third-order valence-electron chi connectivity index (χ3n) is 2.06. The highest BCUT2D eigenvalue weighted by molar-refractivity contribution is 6.90. The molecule has 0 unspecified atom stereocenters. The monoisotopic (exact) mass is 142 g/mol. The topological polar surface area (TPSA) is 0 Å². The number of allylic oxidation sites excluding steroid dienone is 3. The number of hydrogen-bond acceptors (Lipinski definition) is 0. The third-order valence-corrected chi connectivity index (χ3v) is 5.56. The largest absolute Gasteiger partial charge is 0.217 e. The Balaban J connectivity index is 2.96. The molecule has 0 radical (unpaired) electrons. The molecule has 50 valence electrons. The maximum absolute atomic E-state index is 12.8. The summed E-state index contributed by atoms with van der Waals surface area (Å²) in [5.74, 6) is 0. The molecule has 0 aromatic rings. The highest BCUT2D eigenvalue weighted by Gasteiger charge is 2.31. The molecular weight excluding hydrogens is 131 g/mol. The highest BCUT2D eigenvalue weighted by atomic mass is 28.3. The molecule has 0 saturated carbocycles. The molecule has 0 bridgehead atoms. The maximum Gasteiger partial charge on any atom is 0.143 e. The van der Waals surface area contributed by atoms with E-state index in [-0.39, 0.29) is 5.45 Å². The Morgan fingerprint density at radius 3 is 2.00 bits per heavy atom. The summed E-state index contributed by atoms with van der Waals surface area (Å²) < 4.78 is 12.8. The Morgan fingerprint density at radius 1 is 1.33 bits per heavy atom. The predicted molar refractivity (Wildman–Crippen MR) is 40.4 cm³/mol. The molecule has 1 rings (SSSR count). The van der Waals surface area contributed by atoms with Crippen LogP contribution in [0.5, 0.6) is 0 Å². The Hall–Kier alpha value is -0.373. The molecular formula is C7H11FSi. The van der Waals surface area contributed by atoms with Crippen LogP contribution in [-0.2, 0) is 0 Å². The smallest absolute Gasteiger partial charge is 0.143 e. The molecule has 0 saturated heterocycles. The second kappa shape index (κ2) is 1.80. The van der Waals surface area contributed by atoms with Crippen molar-refractivity contribution in [1.29, 1.82) is 0 Å². The Kier molecular flexibility index (Phi) is 1.35. The van der Waals surface area contributed by atoms with Crippen LogP contribution in [0.2, 0.25) is 13.1 Å². The van der Waals surface area contributed by atoms with E-state index in [1.807, 2.05) is 26.1 Å². The van der Waals surface area contributed by atoms with Gasteiger partial charge in [0.25, 0.3) is 0 Å². The van der Waals surface area contributed by atoms with Gasteiger partial charge in [0, 0.05) is 0 Å². The van der Waals surface area contributed by atoms with Crippen molar-refractivity contribution in [3.05, 3.63) is 22.8 Å². The summed E-state index contributed by atoms with van der Waals surface area (Å²) in [4.78, 5) is 0. The number of hydrogen-bond donors (Lipinski definition) is 0. The van der Waals surface area contributed by atoms with E-state index < -0.39 is 8.07 Å². The second-order valence-electron chi connectivity index (χ2n) is 2.99. The molecule has 1 heterocycles. The fourth-order valence-corrected chi connectivity index (χ4v) is 2.18. The van der Waals surface area contributed by atoms with Crippen molar-refractivity contribution in [2.75, 3.05) is 0 Å². The normalized spacial score (nSPS) is 23.6. The first-order valence-electron chi connectivity index (χ1n) is 3.10. The van der Waals surface area contributed by atoms with Crippen molar-refractivity contribution >= 4 is 8.07 Å². The second-order valence-corrected chi connectivity index (χ2v) is 7.51. The lowest BCUT2D eigenvalue weighted by Crippen LogP contribution is -2.26. The van der Waals surface area contributed by atoms with Gasteiger partial charge >= 0.3 is 0 Å². The van der Waals surface area contributed by atoms with Gasteiger partial charge < -0.3 is 0 Å². The molecule has 2 heteroatoms. The van der Waals surface area contributed by atoms with Gasteiger partial charge in [-0.1, -0.05) is 24.4 Å². The molecule has 9 heavy (non-hydrogen) atoms. The van der Waals surface area contributed by atoms with Gasteiger partial charge in [0.1, 0.15) is 8.07 Å². The minimum atomic E-state index is -1.69. The van der Waals surface area contributed by atoms with Crippen molar-refractivity contribution in [3.8, 4) is 0 Å². The van der Waals surface area contributed by atoms with Crippen LogP contribution in [0.1, 0.15) is 6.92 Å². The van der Waals surface area contributed by atoms with Crippen molar-refractivity contribution in [3.63, 3.8) is 0 Å². The minimum Gasteiger partial charge on any atom is -0.217 e. The zero-order valence-corrected chi connectivity index (χ0v) is 7.03. The van der Waals surface area contributed by atoms with Gasteiger partial charge in [-0.3, -0.25) is 0 Å². The minimum absolute atomic E-state index is 0.111. The van der Waals surface area contributed by atoms with Crippen LogP contribution in [0, 0.1) is 0 Å². The van der Waals surface area contributed by atoms with Crippen LogP contribution in [0.4, 0.5) is 4.39 Å². The van der Waals surface area contributed by atoms with E-state index in [1.165, 1.54) is 5.20 Å². The lowest BCUT2D eigenvalue weighted by atomic mass is 10.5. The summed E-state index contributed by atoms with van der Waals surface area (Å²) in [6.07, 6.45) is 3.49. The predicted octanol–water partition coefficient (Wildman–Crippen LogP) is 2.59. The quantitative estimate of drug-likeness (QED) is 0.456. The molecule has 0 N–H and O–H groups in total. The molecule has 0 aliphatic carbocycles. The maximum atomic E-state index is 12.8. The van der Waals surface area contributed by atoms with Gasteiger partial charge in [-0.05, 0) is 13.0 Å². The summed E-state index contributed by atoms with van der Waals surface area (Å²) in [7, 11) is -1.69. The Morgan fingerprint density at radius 2 is 1.89 bits per heavy atom. The number of halogens is 1. The molecule has 1 aliphatic rings. The summed E-state index contributed by atoms with van der Waals surface area (Å²) in [6.45, 7) is 6.06. The van der Waals surface area contributed by atoms with Crippen molar-refractivity contribution < 1.29 is 4.39 Å². The summed E-state index contributed by atoms with van der Waals surface area (Å²) in [5.41, 5.74) is 0.111. The van der Waals surface area contributed by atoms with E-state index >= 15 is 0 Å². The van der Waals surface area contributed by atoms with Crippen LogP contribution < -0.4 is 0 Å². The first-order valence-corrected chi connectivity index (χ1v) is 6.10. The third kappa shape index (κ3) is 0.873. The van der Waals surface area contributed by atoms with Gasteiger partial charge in [0.2, 0.25) is 0 Å². The average molecular weight is 142 g/mol. The van der Waals surface area contributed by atoms with Crippen molar-refractivity contribution in [2.24, 2.45) is 0 Å². The summed E-state index contributed by atoms with van der Waals surface area (Å²) in [5, 5.41) is 1.24. The van der Waals surface area contributed by atoms with E-state index in [1.54, 1.807) is 6.08 Å². The van der Waals surface area contributed by atoms with Gasteiger partial charge in [-0.2, -0.15) is 0 Å². The van der Waals surface area contributed by atoms with Crippen molar-refractivity contribution in [1.82, 2.24) is 0 Å². The van der Waals surface area contributed by atoms with Gasteiger partial charge in [-0.15, -0.1) is 0 Å². The highest BCUT2D eigenvalue weighted by Crippen LogP contribution is 2.29. The van der Waals surface area contributed by atoms with Crippen molar-refractivity contribution in [2.45, 2.75) is 20.0 Å². The molecule has 0 spiro atoms. The summed E-state index contributed by atoms with van der Waals surface area (Å²) >= 11 is 0. The van der Waals surface area contributed by atoms with Crippen LogP contribution >= 0.6 is 0 Å². The van der Waals surface area contributed by atoms with E-state index in [9.17, 15) is 4.39 Å². The van der Waals surface area contributed by atoms with Gasteiger partial charge in [0.15, 0.2) is 0 Å². The Bertz CT molecular complexity index is 169. The zero-order valence-electron chi connectivity index (χ0n) is 6.03. The van der Waals surface area contributed by atoms with Gasteiger partial charge in [-0.25, -0.2) is 4.39 Å². The summed E-state index contributed by atoms with van der Waals surface area (Å²) in [6, 6.07) is 0. The van der Waals surface area contributed by atoms with Crippen LogP contribution in [0.25, 0.3) is 0 Å². The fourth-order valence-electron chi connectivity index (χ4n) is 0.803. The zero-order chi connectivity index (χ0) is 7.07. The first kappa shape index (κ1) is 6.74. The molecule has 0 amide bonds. The molecule has 1 aliphatic heterocycles. The first-order chi connectivity index (χ1) is 4.05. The molecule has 0 atom stereocenters. The van der Waals surface area contributed by atoms with Gasteiger partial charge in [0.05, 0.1) is 5.45 Å². The van der Waals surface area contributed by atoms with Crippen LogP contribution in [-0.4, -0.2) is 8.07 Å². The molecule has 0 aromatic carbocycles. The van der Waals surface area contributed by atoms with E-state index in [0.29, 0.717) is 0 Å². The fraction of sp³-hybridized carbons (Fsp3) is 0.429. The lowest BCUT2D eigenvalue weighted by molar-refractivity contribution is 0.685. The standard InChI is InChI=1S/C7H11FSi/c1-6-4-5-7(8)9(6,2)3/h4-5H,1-3H3. The average Bonchev–Trinajstić information content (AvgIpc) is 1.96. The SMILES string of the molecule is CC1=CC=C(F)[Si]1(C)C. The van der Waals surface area contributed by atoms with Crippen LogP contribution in [0.15, 0.2) is 22.8 Å². The Labute approximate surface area is 56.1 Å². The van der Waals surface area contributed by atoms with E-state index in [2.05, 4.69) is 0 Å². The lowest BCUT2D eigenvalue weighted by Gasteiger charge is -2.15. The van der Waals surface area contributed by atoms with E-state index in [4.69, 9.17) is 0 Å². The molecule has 0 aromatic heterocycles. The molecule has 0 fully saturated rings. The van der Waals surface area contributed by atoms with Crippen LogP contribution in [0.3, 0.4) is 0 Å².